The molecule has 0 aromatic carbocycles. The molecule has 4 nitrogen and oxygen atoms in total. The summed E-state index contributed by atoms with van der Waals surface area (Å²) >= 11 is 0. The zero-order chi connectivity index (χ0) is 7.82. The van der Waals surface area contributed by atoms with Gasteiger partial charge in [0.25, 0.3) is 0 Å². The lowest BCUT2D eigenvalue weighted by Gasteiger charge is -2.09. The SMILES string of the molecule is CCOC(O)COCC[O]. The predicted octanol–water partition coefficient (Wildman–Crippen LogP) is -0.212. The summed E-state index contributed by atoms with van der Waals surface area (Å²) in [5.41, 5.74) is 0. The largest absolute Gasteiger partial charge is 0.374 e. The average Bonchev–Trinajstić information content (AvgIpc) is 1.89. The topological polar surface area (TPSA) is 58.6 Å². The Bertz CT molecular complexity index is 66.8. The minimum Gasteiger partial charge on any atom is -0.374 e. The highest BCUT2D eigenvalue weighted by Gasteiger charge is 2.00. The Morgan fingerprint density at radius 2 is 2.30 bits per heavy atom. The van der Waals surface area contributed by atoms with Crippen LogP contribution >= 0.6 is 0 Å². The molecule has 1 radical (unpaired) electrons. The van der Waals surface area contributed by atoms with Gasteiger partial charge < -0.3 is 14.6 Å². The van der Waals surface area contributed by atoms with Crippen molar-refractivity contribution in [1.29, 1.82) is 0 Å². The maximum Gasteiger partial charge on any atom is 0.178 e. The van der Waals surface area contributed by atoms with Gasteiger partial charge in [0, 0.05) is 6.61 Å². The van der Waals surface area contributed by atoms with Gasteiger partial charge in [0.2, 0.25) is 0 Å². The summed E-state index contributed by atoms with van der Waals surface area (Å²) in [4.78, 5) is 0. The number of aliphatic hydroxyl groups excluding tert-OH is 1. The van der Waals surface area contributed by atoms with Crippen LogP contribution in [0.15, 0.2) is 0 Å². The molecule has 0 aromatic heterocycles. The van der Waals surface area contributed by atoms with E-state index in [9.17, 15) is 5.11 Å². The van der Waals surface area contributed by atoms with E-state index < -0.39 is 6.29 Å². The number of hydrogen-bond acceptors (Lipinski definition) is 3. The van der Waals surface area contributed by atoms with Crippen LogP contribution in [0.5, 0.6) is 0 Å². The van der Waals surface area contributed by atoms with Crippen LogP contribution < -0.4 is 0 Å². The summed E-state index contributed by atoms with van der Waals surface area (Å²) in [5, 5.41) is 18.6. The highest BCUT2D eigenvalue weighted by atomic mass is 16.6. The first-order chi connectivity index (χ1) is 4.81. The molecule has 10 heavy (non-hydrogen) atoms. The number of aliphatic hydroxyl groups is 1. The van der Waals surface area contributed by atoms with Crippen molar-refractivity contribution >= 4 is 0 Å². The van der Waals surface area contributed by atoms with E-state index >= 15 is 0 Å². The van der Waals surface area contributed by atoms with Crippen molar-refractivity contribution in [2.45, 2.75) is 13.2 Å². The van der Waals surface area contributed by atoms with Gasteiger partial charge in [-0.1, -0.05) is 0 Å². The maximum atomic E-state index is 9.82. The molecule has 0 heterocycles. The lowest BCUT2D eigenvalue weighted by atomic mass is 10.6. The third-order valence-corrected chi connectivity index (χ3v) is 0.847. The molecule has 0 spiro atoms. The summed E-state index contributed by atoms with van der Waals surface area (Å²) in [6, 6.07) is 0. The van der Waals surface area contributed by atoms with Gasteiger partial charge in [-0.2, -0.15) is 0 Å². The highest BCUT2D eigenvalue weighted by Crippen LogP contribution is 1.87. The van der Waals surface area contributed by atoms with Crippen LogP contribution in [-0.4, -0.2) is 37.8 Å². The van der Waals surface area contributed by atoms with Gasteiger partial charge in [-0.15, -0.1) is 0 Å². The lowest BCUT2D eigenvalue weighted by molar-refractivity contribution is -0.137. The monoisotopic (exact) mass is 149 g/mol. The van der Waals surface area contributed by atoms with Gasteiger partial charge in [-0.25, -0.2) is 5.11 Å². The molecule has 61 valence electrons. The molecule has 0 saturated carbocycles. The first kappa shape index (κ1) is 9.84. The summed E-state index contributed by atoms with van der Waals surface area (Å²) in [6.07, 6.45) is -0.892. The van der Waals surface area contributed by atoms with Crippen LogP contribution in [0.1, 0.15) is 6.92 Å². The summed E-state index contributed by atoms with van der Waals surface area (Å²) in [5.74, 6) is 0. The van der Waals surface area contributed by atoms with Crippen molar-refractivity contribution in [2.75, 3.05) is 26.4 Å². The second-order valence-corrected chi connectivity index (χ2v) is 1.69. The van der Waals surface area contributed by atoms with Crippen molar-refractivity contribution < 1.29 is 19.7 Å². The third kappa shape index (κ3) is 5.97. The summed E-state index contributed by atoms with van der Waals surface area (Å²) < 4.78 is 9.43. The molecule has 0 bridgehead atoms. The summed E-state index contributed by atoms with van der Waals surface area (Å²) in [7, 11) is 0. The molecule has 0 aliphatic heterocycles. The minimum absolute atomic E-state index is 0.0794. The van der Waals surface area contributed by atoms with Crippen LogP contribution in [-0.2, 0) is 14.6 Å². The first-order valence-electron chi connectivity index (χ1n) is 3.26. The highest BCUT2D eigenvalue weighted by molar-refractivity contribution is 4.35. The Kier molecular flexibility index (Phi) is 6.84. The Morgan fingerprint density at radius 1 is 1.60 bits per heavy atom. The smallest absolute Gasteiger partial charge is 0.178 e. The Labute approximate surface area is 60.4 Å². The van der Waals surface area contributed by atoms with Crippen LogP contribution in [0.4, 0.5) is 0 Å². The number of hydrogen-bond donors (Lipinski definition) is 1. The van der Waals surface area contributed by atoms with Crippen LogP contribution in [0.2, 0.25) is 0 Å². The van der Waals surface area contributed by atoms with E-state index in [4.69, 9.17) is 14.6 Å². The fourth-order valence-corrected chi connectivity index (χ4v) is 0.484. The standard InChI is InChI=1S/C6H13O4/c1-2-10-6(8)5-9-4-3-7/h6,8H,2-5H2,1H3. The van der Waals surface area contributed by atoms with E-state index in [2.05, 4.69) is 0 Å². The second kappa shape index (κ2) is 6.95. The van der Waals surface area contributed by atoms with Crippen LogP contribution in [0, 0.1) is 0 Å². The van der Waals surface area contributed by atoms with E-state index in [-0.39, 0.29) is 19.8 Å². The van der Waals surface area contributed by atoms with Crippen molar-refractivity contribution in [3.63, 3.8) is 0 Å². The summed E-state index contributed by atoms with van der Waals surface area (Å²) in [6.45, 7) is 2.15. The quantitative estimate of drug-likeness (QED) is 0.420. The molecule has 1 N–H and O–H groups in total. The maximum absolute atomic E-state index is 9.82. The molecule has 0 saturated heterocycles. The van der Waals surface area contributed by atoms with Crippen molar-refractivity contribution in [3.8, 4) is 0 Å². The molecule has 0 amide bonds. The van der Waals surface area contributed by atoms with E-state index in [1.807, 2.05) is 0 Å². The van der Waals surface area contributed by atoms with Gasteiger partial charge in [-0.05, 0) is 6.92 Å². The average molecular weight is 149 g/mol. The van der Waals surface area contributed by atoms with Gasteiger partial charge >= 0.3 is 0 Å². The minimum atomic E-state index is -0.892. The van der Waals surface area contributed by atoms with E-state index in [1.165, 1.54) is 0 Å². The molecular formula is C6H13O4. The molecule has 0 rings (SSSR count). The van der Waals surface area contributed by atoms with E-state index in [0.717, 1.165) is 0 Å². The molecule has 0 aliphatic rings. The fourth-order valence-electron chi connectivity index (χ4n) is 0.484. The number of rotatable bonds is 6. The fraction of sp³-hybridized carbons (Fsp3) is 1.00. The van der Waals surface area contributed by atoms with Crippen molar-refractivity contribution in [2.24, 2.45) is 0 Å². The zero-order valence-corrected chi connectivity index (χ0v) is 6.08. The first-order valence-corrected chi connectivity index (χ1v) is 3.26. The third-order valence-electron chi connectivity index (χ3n) is 0.847. The Balaban J connectivity index is 2.97. The van der Waals surface area contributed by atoms with Crippen molar-refractivity contribution in [3.05, 3.63) is 0 Å². The number of ether oxygens (including phenoxy) is 2. The van der Waals surface area contributed by atoms with Crippen molar-refractivity contribution in [1.82, 2.24) is 0 Å². The predicted molar refractivity (Wildman–Crippen MR) is 34.0 cm³/mol. The second-order valence-electron chi connectivity index (χ2n) is 1.69. The molecular weight excluding hydrogens is 136 g/mol. The normalized spacial score (nSPS) is 13.5. The van der Waals surface area contributed by atoms with Gasteiger partial charge in [-0.3, -0.25) is 0 Å². The van der Waals surface area contributed by atoms with Gasteiger partial charge in [0.1, 0.15) is 6.61 Å². The molecule has 4 heteroatoms. The molecule has 1 unspecified atom stereocenters. The molecule has 0 aliphatic carbocycles. The zero-order valence-electron chi connectivity index (χ0n) is 6.08. The van der Waals surface area contributed by atoms with E-state index in [0.29, 0.717) is 6.61 Å². The molecule has 1 atom stereocenters. The van der Waals surface area contributed by atoms with Crippen LogP contribution in [0.25, 0.3) is 0 Å². The lowest BCUT2D eigenvalue weighted by Crippen LogP contribution is -2.19. The van der Waals surface area contributed by atoms with Gasteiger partial charge in [0.15, 0.2) is 6.29 Å². The Morgan fingerprint density at radius 3 is 2.80 bits per heavy atom. The van der Waals surface area contributed by atoms with Gasteiger partial charge in [0.05, 0.1) is 13.2 Å². The molecule has 0 fully saturated rings. The van der Waals surface area contributed by atoms with E-state index in [1.54, 1.807) is 6.92 Å². The Hall–Kier alpha value is -0.160. The van der Waals surface area contributed by atoms with Crippen LogP contribution in [0.3, 0.4) is 0 Å². The molecule has 0 aromatic rings.